The molecule has 0 amide bonds. The van der Waals surface area contributed by atoms with Crippen LogP contribution in [0.3, 0.4) is 0 Å². The van der Waals surface area contributed by atoms with E-state index in [9.17, 15) is 0 Å². The van der Waals surface area contributed by atoms with Crippen molar-refractivity contribution in [3.05, 3.63) is 35.9 Å². The Balaban J connectivity index is 2.04. The van der Waals surface area contributed by atoms with Gasteiger partial charge >= 0.3 is 0 Å². The van der Waals surface area contributed by atoms with Crippen LogP contribution in [0.4, 0.5) is 0 Å². The first kappa shape index (κ1) is 14.5. The number of rotatable bonds is 8. The Bertz CT molecular complexity index is 400. The van der Waals surface area contributed by atoms with Gasteiger partial charge in [0.05, 0.1) is 4.99 Å². The molecule has 1 fully saturated rings. The third-order valence-corrected chi connectivity index (χ3v) is 4.11. The monoisotopic (exact) mass is 276 g/mol. The summed E-state index contributed by atoms with van der Waals surface area (Å²) in [5, 5.41) is 0. The summed E-state index contributed by atoms with van der Waals surface area (Å²) in [4.78, 5) is 3.20. The molecule has 1 aromatic rings. The summed E-state index contributed by atoms with van der Waals surface area (Å²) in [6.45, 7) is 4.39. The van der Waals surface area contributed by atoms with Crippen LogP contribution < -0.4 is 5.73 Å². The fraction of sp³-hybridized carbons (Fsp3) is 0.562. The molecule has 1 unspecified atom stereocenters. The summed E-state index contributed by atoms with van der Waals surface area (Å²) in [6, 6.07) is 11.2. The van der Waals surface area contributed by atoms with Crippen LogP contribution in [0.2, 0.25) is 0 Å². The molecule has 0 aliphatic heterocycles. The summed E-state index contributed by atoms with van der Waals surface area (Å²) < 4.78 is 0. The smallest absolute Gasteiger partial charge is 0.0816 e. The average molecular weight is 276 g/mol. The van der Waals surface area contributed by atoms with E-state index in [1.54, 1.807) is 0 Å². The predicted molar refractivity (Wildman–Crippen MR) is 85.5 cm³/mol. The van der Waals surface area contributed by atoms with Crippen molar-refractivity contribution in [2.24, 2.45) is 5.73 Å². The highest BCUT2D eigenvalue weighted by atomic mass is 32.1. The highest BCUT2D eigenvalue weighted by Gasteiger charge is 2.31. The molecule has 1 atom stereocenters. The van der Waals surface area contributed by atoms with E-state index in [-0.39, 0.29) is 5.92 Å². The maximum Gasteiger partial charge on any atom is 0.0816 e. The second-order valence-corrected chi connectivity index (χ2v) is 5.92. The Hall–Kier alpha value is -0.930. The minimum atomic E-state index is 0.189. The molecule has 2 rings (SSSR count). The van der Waals surface area contributed by atoms with Gasteiger partial charge in [-0.1, -0.05) is 55.9 Å². The summed E-state index contributed by atoms with van der Waals surface area (Å²) in [5.74, 6) is 0.189. The van der Waals surface area contributed by atoms with Crippen LogP contribution in [-0.4, -0.2) is 29.0 Å². The van der Waals surface area contributed by atoms with E-state index in [1.165, 1.54) is 37.8 Å². The van der Waals surface area contributed by atoms with Gasteiger partial charge in [0.25, 0.3) is 0 Å². The summed E-state index contributed by atoms with van der Waals surface area (Å²) in [5.41, 5.74) is 7.22. The van der Waals surface area contributed by atoms with E-state index < -0.39 is 0 Å². The van der Waals surface area contributed by atoms with Gasteiger partial charge in [0.15, 0.2) is 0 Å². The molecule has 0 radical (unpaired) electrons. The first-order valence-electron chi connectivity index (χ1n) is 7.30. The topological polar surface area (TPSA) is 29.3 Å². The molecule has 1 aliphatic carbocycles. The molecular weight excluding hydrogens is 252 g/mol. The normalized spacial score (nSPS) is 16.5. The molecule has 2 nitrogen and oxygen atoms in total. The van der Waals surface area contributed by atoms with Crippen molar-refractivity contribution in [3.8, 4) is 0 Å². The van der Waals surface area contributed by atoms with Crippen molar-refractivity contribution in [1.29, 1.82) is 0 Å². The predicted octanol–water partition coefficient (Wildman–Crippen LogP) is 3.32. The van der Waals surface area contributed by atoms with Crippen molar-refractivity contribution >= 4 is 17.2 Å². The van der Waals surface area contributed by atoms with Crippen molar-refractivity contribution < 1.29 is 0 Å². The molecule has 0 aromatic heterocycles. The lowest BCUT2D eigenvalue weighted by molar-refractivity contribution is 0.257. The van der Waals surface area contributed by atoms with E-state index >= 15 is 0 Å². The zero-order valence-electron chi connectivity index (χ0n) is 11.7. The second kappa shape index (κ2) is 7.01. The quantitative estimate of drug-likeness (QED) is 0.739. The number of nitrogens with zero attached hydrogens (tertiary/aromatic N) is 1. The molecule has 104 valence electrons. The van der Waals surface area contributed by atoms with E-state index in [2.05, 4.69) is 36.1 Å². The van der Waals surface area contributed by atoms with Crippen LogP contribution in [0.1, 0.15) is 44.1 Å². The summed E-state index contributed by atoms with van der Waals surface area (Å²) >= 11 is 5.29. The van der Waals surface area contributed by atoms with Gasteiger partial charge in [-0.15, -0.1) is 0 Å². The van der Waals surface area contributed by atoms with Crippen molar-refractivity contribution in [2.45, 2.75) is 44.6 Å². The van der Waals surface area contributed by atoms with Gasteiger partial charge in [0.1, 0.15) is 0 Å². The molecule has 1 aromatic carbocycles. The van der Waals surface area contributed by atoms with Crippen molar-refractivity contribution in [1.82, 2.24) is 4.90 Å². The third kappa shape index (κ3) is 4.29. The number of nitrogens with two attached hydrogens (primary N) is 1. The Morgan fingerprint density at radius 1 is 1.37 bits per heavy atom. The fourth-order valence-corrected chi connectivity index (χ4v) is 2.71. The number of thiocarbonyl (C=S) groups is 1. The first-order valence-corrected chi connectivity index (χ1v) is 7.71. The van der Waals surface area contributed by atoms with Crippen LogP contribution in [-0.2, 0) is 0 Å². The van der Waals surface area contributed by atoms with Crippen LogP contribution in [0.25, 0.3) is 0 Å². The molecule has 0 saturated heterocycles. The zero-order chi connectivity index (χ0) is 13.7. The van der Waals surface area contributed by atoms with Crippen molar-refractivity contribution in [3.63, 3.8) is 0 Å². The maximum absolute atomic E-state index is 5.97. The number of benzene rings is 1. The highest BCUT2D eigenvalue weighted by Crippen LogP contribution is 2.30. The molecule has 0 spiro atoms. The Kier molecular flexibility index (Phi) is 5.34. The lowest BCUT2D eigenvalue weighted by Gasteiger charge is -2.27. The SMILES string of the molecule is CCCCN(CC(C(N)=S)c1ccccc1)C1CC1. The van der Waals surface area contributed by atoms with Gasteiger partial charge in [0.2, 0.25) is 0 Å². The molecule has 0 heterocycles. The van der Waals surface area contributed by atoms with Crippen LogP contribution in [0.15, 0.2) is 30.3 Å². The first-order chi connectivity index (χ1) is 9.22. The lowest BCUT2D eigenvalue weighted by atomic mass is 9.98. The van der Waals surface area contributed by atoms with Gasteiger partial charge in [-0.05, 0) is 31.4 Å². The van der Waals surface area contributed by atoms with E-state index in [1.807, 2.05) is 6.07 Å². The fourth-order valence-electron chi connectivity index (χ4n) is 2.50. The number of hydrogen-bond acceptors (Lipinski definition) is 2. The standard InChI is InChI=1S/C16H24N2S/c1-2-3-11-18(14-9-10-14)12-15(16(17)19)13-7-5-4-6-8-13/h4-8,14-15H,2-3,9-12H2,1H3,(H2,17,19). The molecule has 1 aliphatic rings. The minimum Gasteiger partial charge on any atom is -0.393 e. The number of unbranched alkanes of at least 4 members (excludes halogenated alkanes) is 1. The molecule has 2 N–H and O–H groups in total. The third-order valence-electron chi connectivity index (χ3n) is 3.82. The number of hydrogen-bond donors (Lipinski definition) is 1. The Labute approximate surface area is 122 Å². The van der Waals surface area contributed by atoms with Crippen LogP contribution in [0.5, 0.6) is 0 Å². The Morgan fingerprint density at radius 2 is 2.05 bits per heavy atom. The molecule has 19 heavy (non-hydrogen) atoms. The maximum atomic E-state index is 5.97. The summed E-state index contributed by atoms with van der Waals surface area (Å²) in [6.07, 6.45) is 5.17. The molecule has 1 saturated carbocycles. The van der Waals surface area contributed by atoms with Gasteiger partial charge in [-0.2, -0.15) is 0 Å². The van der Waals surface area contributed by atoms with Crippen LogP contribution in [0, 0.1) is 0 Å². The van der Waals surface area contributed by atoms with Crippen molar-refractivity contribution in [2.75, 3.05) is 13.1 Å². The minimum absolute atomic E-state index is 0.189. The average Bonchev–Trinajstić information content (AvgIpc) is 3.24. The molecule has 3 heteroatoms. The van der Waals surface area contributed by atoms with E-state index in [0.717, 1.165) is 12.6 Å². The van der Waals surface area contributed by atoms with Gasteiger partial charge in [0, 0.05) is 18.5 Å². The Morgan fingerprint density at radius 3 is 2.58 bits per heavy atom. The molecular formula is C16H24N2S. The van der Waals surface area contributed by atoms with E-state index in [0.29, 0.717) is 4.99 Å². The second-order valence-electron chi connectivity index (χ2n) is 5.45. The van der Waals surface area contributed by atoms with Gasteiger partial charge in [-0.3, -0.25) is 4.90 Å². The highest BCUT2D eigenvalue weighted by molar-refractivity contribution is 7.80. The van der Waals surface area contributed by atoms with Gasteiger partial charge < -0.3 is 5.73 Å². The van der Waals surface area contributed by atoms with Gasteiger partial charge in [-0.25, -0.2) is 0 Å². The lowest BCUT2D eigenvalue weighted by Crippen LogP contribution is -2.36. The molecule has 0 bridgehead atoms. The summed E-state index contributed by atoms with van der Waals surface area (Å²) in [7, 11) is 0. The van der Waals surface area contributed by atoms with E-state index in [4.69, 9.17) is 18.0 Å². The van der Waals surface area contributed by atoms with Crippen LogP contribution >= 0.6 is 12.2 Å². The zero-order valence-corrected chi connectivity index (χ0v) is 12.5. The largest absolute Gasteiger partial charge is 0.393 e.